The molecule has 0 spiro atoms. The number of thioether (sulfide) groups is 1. The van der Waals surface area contributed by atoms with Crippen LogP contribution >= 0.6 is 50.9 Å². The summed E-state index contributed by atoms with van der Waals surface area (Å²) in [6, 6.07) is 22.6. The third-order valence-electron chi connectivity index (χ3n) is 4.44. The smallest absolute Gasteiger partial charge is 0.250 e. The number of carbonyl (C=O) groups excluding carboxylic acids is 1. The Hall–Kier alpha value is -2.65. The van der Waals surface area contributed by atoms with Crippen LogP contribution in [0.25, 0.3) is 17.1 Å². The summed E-state index contributed by atoms with van der Waals surface area (Å²) in [6.07, 6.45) is 1.47. The van der Waals surface area contributed by atoms with E-state index in [-0.39, 0.29) is 11.7 Å². The molecule has 4 aromatic rings. The predicted octanol–water partition coefficient (Wildman–Crippen LogP) is 6.25. The van der Waals surface area contributed by atoms with Crippen LogP contribution in [0.4, 0.5) is 0 Å². The van der Waals surface area contributed by atoms with Crippen molar-refractivity contribution in [1.29, 1.82) is 0 Å². The fourth-order valence-corrected chi connectivity index (χ4v) is 4.37. The van der Waals surface area contributed by atoms with Crippen molar-refractivity contribution in [2.75, 3.05) is 5.75 Å². The highest BCUT2D eigenvalue weighted by Crippen LogP contribution is 2.28. The number of hydrogen-bond acceptors (Lipinski definition) is 5. The van der Waals surface area contributed by atoms with E-state index >= 15 is 0 Å². The van der Waals surface area contributed by atoms with Crippen molar-refractivity contribution < 1.29 is 4.79 Å². The minimum absolute atomic E-state index is 0.106. The van der Waals surface area contributed by atoms with E-state index in [0.717, 1.165) is 15.7 Å². The lowest BCUT2D eigenvalue weighted by molar-refractivity contribution is -0.118. The van der Waals surface area contributed by atoms with Gasteiger partial charge in [0.05, 0.1) is 17.0 Å². The van der Waals surface area contributed by atoms with Gasteiger partial charge in [-0.1, -0.05) is 87.3 Å². The number of carbonyl (C=O) groups is 1. The van der Waals surface area contributed by atoms with Gasteiger partial charge in [0.15, 0.2) is 11.0 Å². The van der Waals surface area contributed by atoms with E-state index in [0.29, 0.717) is 26.6 Å². The van der Waals surface area contributed by atoms with Crippen molar-refractivity contribution in [3.8, 4) is 17.1 Å². The average molecular weight is 561 g/mol. The highest BCUT2D eigenvalue weighted by molar-refractivity contribution is 9.10. The molecule has 4 rings (SSSR count). The molecule has 6 nitrogen and oxygen atoms in total. The number of rotatable bonds is 7. The molecule has 3 aromatic carbocycles. The van der Waals surface area contributed by atoms with Gasteiger partial charge in [-0.3, -0.25) is 9.36 Å². The van der Waals surface area contributed by atoms with Crippen molar-refractivity contribution in [3.63, 3.8) is 0 Å². The molecule has 0 bridgehead atoms. The molecule has 166 valence electrons. The zero-order valence-electron chi connectivity index (χ0n) is 17.0. The maximum Gasteiger partial charge on any atom is 0.250 e. The van der Waals surface area contributed by atoms with Crippen LogP contribution in [0.2, 0.25) is 10.0 Å². The van der Waals surface area contributed by atoms with Crippen molar-refractivity contribution in [2.24, 2.45) is 5.10 Å². The molecular weight excluding hydrogens is 545 g/mol. The van der Waals surface area contributed by atoms with Crippen molar-refractivity contribution in [1.82, 2.24) is 20.2 Å². The first-order valence-electron chi connectivity index (χ1n) is 9.68. The summed E-state index contributed by atoms with van der Waals surface area (Å²) in [5, 5.41) is 14.2. The second-order valence-electron chi connectivity index (χ2n) is 6.73. The van der Waals surface area contributed by atoms with E-state index in [1.165, 1.54) is 18.0 Å². The Balaban J connectivity index is 1.49. The van der Waals surface area contributed by atoms with Crippen molar-refractivity contribution in [2.45, 2.75) is 5.16 Å². The molecule has 33 heavy (non-hydrogen) atoms. The van der Waals surface area contributed by atoms with Crippen LogP contribution in [0, 0.1) is 0 Å². The molecule has 1 N–H and O–H groups in total. The summed E-state index contributed by atoms with van der Waals surface area (Å²) >= 11 is 16.7. The SMILES string of the molecule is O=C(CSc1nnc(-c2ccccc2)n1-c1ccc(Br)cc1)N/N=C/c1ccc(Cl)cc1Cl. The average Bonchev–Trinajstić information content (AvgIpc) is 3.24. The number of halogens is 3. The van der Waals surface area contributed by atoms with Crippen LogP contribution in [0.3, 0.4) is 0 Å². The summed E-state index contributed by atoms with van der Waals surface area (Å²) in [7, 11) is 0. The highest BCUT2D eigenvalue weighted by Gasteiger charge is 2.17. The Labute approximate surface area is 213 Å². The molecule has 10 heteroatoms. The van der Waals surface area contributed by atoms with Gasteiger partial charge < -0.3 is 0 Å². The van der Waals surface area contributed by atoms with Crippen molar-refractivity contribution in [3.05, 3.63) is 92.9 Å². The van der Waals surface area contributed by atoms with Gasteiger partial charge >= 0.3 is 0 Å². The number of amides is 1. The molecule has 1 heterocycles. The van der Waals surface area contributed by atoms with Gasteiger partial charge in [-0.2, -0.15) is 5.10 Å². The second kappa shape index (κ2) is 11.0. The van der Waals surface area contributed by atoms with E-state index in [1.54, 1.807) is 18.2 Å². The molecule has 0 fully saturated rings. The Morgan fingerprint density at radius 2 is 1.82 bits per heavy atom. The number of nitrogens with zero attached hydrogens (tertiary/aromatic N) is 4. The van der Waals surface area contributed by atoms with Crippen LogP contribution in [-0.4, -0.2) is 32.6 Å². The Kier molecular flexibility index (Phi) is 7.82. The Bertz CT molecular complexity index is 1300. The summed E-state index contributed by atoms with van der Waals surface area (Å²) in [5.74, 6) is 0.513. The van der Waals surface area contributed by atoms with Crippen LogP contribution in [-0.2, 0) is 4.79 Å². The predicted molar refractivity (Wildman–Crippen MR) is 137 cm³/mol. The summed E-state index contributed by atoms with van der Waals surface area (Å²) in [6.45, 7) is 0. The lowest BCUT2D eigenvalue weighted by atomic mass is 10.2. The van der Waals surface area contributed by atoms with Gasteiger partial charge in [0.2, 0.25) is 0 Å². The maximum absolute atomic E-state index is 12.4. The topological polar surface area (TPSA) is 72.2 Å². The third kappa shape index (κ3) is 6.03. The van der Waals surface area contributed by atoms with Gasteiger partial charge in [0.25, 0.3) is 5.91 Å². The molecule has 0 saturated carbocycles. The molecule has 1 amide bonds. The van der Waals surface area contributed by atoms with E-state index in [1.807, 2.05) is 59.2 Å². The quantitative estimate of drug-likeness (QED) is 0.165. The molecule has 0 aliphatic carbocycles. The molecule has 0 aliphatic heterocycles. The molecule has 1 aromatic heterocycles. The first-order valence-corrected chi connectivity index (χ1v) is 12.2. The molecule has 0 aliphatic rings. The number of benzene rings is 3. The van der Waals surface area contributed by atoms with Crippen LogP contribution in [0.5, 0.6) is 0 Å². The van der Waals surface area contributed by atoms with Gasteiger partial charge in [0.1, 0.15) is 0 Å². The number of aromatic nitrogens is 3. The van der Waals surface area contributed by atoms with Gasteiger partial charge in [0, 0.05) is 26.3 Å². The fourth-order valence-electron chi connectivity index (χ4n) is 2.90. The highest BCUT2D eigenvalue weighted by atomic mass is 79.9. The first kappa shape index (κ1) is 23.5. The van der Waals surface area contributed by atoms with Gasteiger partial charge in [-0.25, -0.2) is 5.43 Å². The molecule has 0 saturated heterocycles. The fraction of sp³-hybridized carbons (Fsp3) is 0.0435. The lowest BCUT2D eigenvalue weighted by Crippen LogP contribution is -2.20. The minimum Gasteiger partial charge on any atom is -0.272 e. The largest absolute Gasteiger partial charge is 0.272 e. The zero-order valence-corrected chi connectivity index (χ0v) is 20.9. The second-order valence-corrected chi connectivity index (χ2v) is 9.43. The first-order chi connectivity index (χ1) is 16.0. The normalized spacial score (nSPS) is 11.1. The standard InChI is InChI=1S/C23H16BrCl2N5OS/c24-17-7-10-19(11-8-17)31-22(15-4-2-1-3-5-15)29-30-23(31)33-14-21(32)28-27-13-16-6-9-18(25)12-20(16)26/h1-13H,14H2,(H,28,32)/b27-13+. The summed E-state index contributed by atoms with van der Waals surface area (Å²) < 4.78 is 2.89. The van der Waals surface area contributed by atoms with Gasteiger partial charge in [-0.05, 0) is 36.4 Å². The van der Waals surface area contributed by atoms with Crippen molar-refractivity contribution >= 4 is 63.0 Å². The number of hydrazone groups is 1. The molecule has 0 atom stereocenters. The summed E-state index contributed by atoms with van der Waals surface area (Å²) in [4.78, 5) is 12.4. The van der Waals surface area contributed by atoms with Crippen LogP contribution in [0.1, 0.15) is 5.56 Å². The summed E-state index contributed by atoms with van der Waals surface area (Å²) in [5.41, 5.74) is 4.97. The van der Waals surface area contributed by atoms with E-state index in [9.17, 15) is 4.79 Å². The number of nitrogens with one attached hydrogen (secondary N) is 1. The van der Waals surface area contributed by atoms with Crippen LogP contribution in [0.15, 0.2) is 87.5 Å². The zero-order chi connectivity index (χ0) is 23.2. The number of hydrogen-bond donors (Lipinski definition) is 1. The molecular formula is C23H16BrCl2N5OS. The van der Waals surface area contributed by atoms with Gasteiger partial charge in [-0.15, -0.1) is 10.2 Å². The Morgan fingerprint density at radius 3 is 2.55 bits per heavy atom. The third-order valence-corrected chi connectivity index (χ3v) is 6.46. The maximum atomic E-state index is 12.4. The Morgan fingerprint density at radius 1 is 1.06 bits per heavy atom. The van der Waals surface area contributed by atoms with Crippen LogP contribution < -0.4 is 5.43 Å². The molecule has 0 radical (unpaired) electrons. The van der Waals surface area contributed by atoms with E-state index in [4.69, 9.17) is 23.2 Å². The lowest BCUT2D eigenvalue weighted by Gasteiger charge is -2.10. The van der Waals surface area contributed by atoms with E-state index in [2.05, 4.69) is 36.7 Å². The molecule has 0 unspecified atom stereocenters. The van der Waals surface area contributed by atoms with E-state index < -0.39 is 0 Å². The minimum atomic E-state index is -0.284. The monoisotopic (exact) mass is 559 g/mol.